The van der Waals surface area contributed by atoms with Crippen molar-refractivity contribution in [3.05, 3.63) is 41.4 Å². The van der Waals surface area contributed by atoms with E-state index in [-0.39, 0.29) is 6.04 Å². The lowest BCUT2D eigenvalue weighted by Gasteiger charge is -2.28. The average Bonchev–Trinajstić information content (AvgIpc) is 3.34. The molecule has 0 bridgehead atoms. The zero-order valence-electron chi connectivity index (χ0n) is 13.7. The standard InChI is InChI=1S/C18H21N3O2S/c1-2-16-19-17(13-7-10-24-18(13)20-16)21-8-3-5-12(21)11-14(22)15-6-4-9-23-15/h4,6-7,9-10,12,14,22H,2-3,5,8,11H2,1H3. The van der Waals surface area contributed by atoms with Crippen LogP contribution in [0.2, 0.25) is 0 Å². The molecule has 0 amide bonds. The van der Waals surface area contributed by atoms with Crippen molar-refractivity contribution < 1.29 is 9.52 Å². The molecule has 5 nitrogen and oxygen atoms in total. The molecule has 3 aromatic heterocycles. The first-order chi connectivity index (χ1) is 11.8. The molecule has 1 N–H and O–H groups in total. The first kappa shape index (κ1) is 15.6. The van der Waals surface area contributed by atoms with Crippen molar-refractivity contribution in [1.29, 1.82) is 0 Å². The highest BCUT2D eigenvalue weighted by atomic mass is 32.1. The molecule has 3 aromatic rings. The SMILES string of the molecule is CCc1nc(N2CCCC2CC(O)c2ccco2)c2ccsc2n1. The third-order valence-electron chi connectivity index (χ3n) is 4.68. The normalized spacial score (nSPS) is 19.2. The molecule has 4 rings (SSSR count). The van der Waals surface area contributed by atoms with Gasteiger partial charge in [-0.1, -0.05) is 6.92 Å². The van der Waals surface area contributed by atoms with E-state index in [4.69, 9.17) is 9.40 Å². The van der Waals surface area contributed by atoms with Gasteiger partial charge in [-0.2, -0.15) is 0 Å². The number of aryl methyl sites for hydroxylation is 1. The van der Waals surface area contributed by atoms with Crippen molar-refractivity contribution in [3.63, 3.8) is 0 Å². The van der Waals surface area contributed by atoms with Gasteiger partial charge in [-0.05, 0) is 36.4 Å². The van der Waals surface area contributed by atoms with Crippen LogP contribution in [0.1, 0.15) is 43.9 Å². The summed E-state index contributed by atoms with van der Waals surface area (Å²) >= 11 is 1.66. The molecular formula is C18H21N3O2S. The molecule has 1 fully saturated rings. The first-order valence-corrected chi connectivity index (χ1v) is 9.36. The Morgan fingerprint density at radius 1 is 1.42 bits per heavy atom. The summed E-state index contributed by atoms with van der Waals surface area (Å²) in [6.07, 6.45) is 4.70. The third-order valence-corrected chi connectivity index (χ3v) is 5.49. The van der Waals surface area contributed by atoms with E-state index in [1.54, 1.807) is 17.6 Å². The van der Waals surface area contributed by atoms with Gasteiger partial charge in [0.1, 0.15) is 28.3 Å². The monoisotopic (exact) mass is 343 g/mol. The number of aliphatic hydroxyl groups excluding tert-OH is 1. The number of anilines is 1. The van der Waals surface area contributed by atoms with Gasteiger partial charge in [0, 0.05) is 25.4 Å². The number of hydrogen-bond acceptors (Lipinski definition) is 6. The Bertz CT molecular complexity index is 815. The fourth-order valence-electron chi connectivity index (χ4n) is 3.47. The maximum absolute atomic E-state index is 10.5. The molecule has 1 saturated heterocycles. The second-order valence-electron chi connectivity index (χ2n) is 6.21. The fourth-order valence-corrected chi connectivity index (χ4v) is 4.25. The second kappa shape index (κ2) is 6.53. The van der Waals surface area contributed by atoms with Gasteiger partial charge in [0.25, 0.3) is 0 Å². The number of aliphatic hydroxyl groups is 1. The quantitative estimate of drug-likeness (QED) is 0.760. The molecule has 0 aromatic carbocycles. The Hall–Kier alpha value is -1.92. The number of hydrogen-bond donors (Lipinski definition) is 1. The molecule has 126 valence electrons. The fraction of sp³-hybridized carbons (Fsp3) is 0.444. The van der Waals surface area contributed by atoms with Crippen LogP contribution in [-0.4, -0.2) is 27.7 Å². The molecular weight excluding hydrogens is 322 g/mol. The molecule has 4 heterocycles. The van der Waals surface area contributed by atoms with E-state index >= 15 is 0 Å². The van der Waals surface area contributed by atoms with Crippen LogP contribution in [0.15, 0.2) is 34.3 Å². The topological polar surface area (TPSA) is 62.4 Å². The van der Waals surface area contributed by atoms with Crippen LogP contribution in [0, 0.1) is 0 Å². The smallest absolute Gasteiger partial charge is 0.141 e. The molecule has 24 heavy (non-hydrogen) atoms. The Morgan fingerprint density at radius 2 is 2.33 bits per heavy atom. The van der Waals surface area contributed by atoms with E-state index in [0.29, 0.717) is 12.2 Å². The largest absolute Gasteiger partial charge is 0.467 e. The molecule has 1 aliphatic rings. The maximum Gasteiger partial charge on any atom is 0.141 e. The molecule has 0 spiro atoms. The molecule has 0 saturated carbocycles. The van der Waals surface area contributed by atoms with E-state index in [1.165, 1.54) is 0 Å². The molecule has 6 heteroatoms. The van der Waals surface area contributed by atoms with Gasteiger partial charge in [-0.15, -0.1) is 11.3 Å². The van der Waals surface area contributed by atoms with Crippen LogP contribution >= 0.6 is 11.3 Å². The minimum atomic E-state index is -0.573. The summed E-state index contributed by atoms with van der Waals surface area (Å²) in [5.74, 6) is 2.55. The van der Waals surface area contributed by atoms with Crippen LogP contribution in [0.25, 0.3) is 10.2 Å². The summed E-state index contributed by atoms with van der Waals surface area (Å²) < 4.78 is 5.35. The minimum absolute atomic E-state index is 0.271. The highest BCUT2D eigenvalue weighted by Gasteiger charge is 2.30. The lowest BCUT2D eigenvalue weighted by molar-refractivity contribution is 0.132. The van der Waals surface area contributed by atoms with Crippen LogP contribution < -0.4 is 4.90 Å². The Morgan fingerprint density at radius 3 is 3.12 bits per heavy atom. The van der Waals surface area contributed by atoms with Gasteiger partial charge < -0.3 is 14.4 Å². The van der Waals surface area contributed by atoms with E-state index in [2.05, 4.69) is 28.3 Å². The van der Waals surface area contributed by atoms with Crippen LogP contribution in [0.3, 0.4) is 0 Å². The average molecular weight is 343 g/mol. The zero-order chi connectivity index (χ0) is 16.5. The number of fused-ring (bicyclic) bond motifs is 1. The summed E-state index contributed by atoms with van der Waals surface area (Å²) in [5, 5.41) is 13.7. The Balaban J connectivity index is 1.64. The Kier molecular flexibility index (Phi) is 4.24. The van der Waals surface area contributed by atoms with Crippen LogP contribution in [0.5, 0.6) is 0 Å². The number of nitrogens with zero attached hydrogens (tertiary/aromatic N) is 3. The summed E-state index contributed by atoms with van der Waals surface area (Å²) in [4.78, 5) is 12.8. The van der Waals surface area contributed by atoms with Crippen molar-refractivity contribution in [2.45, 2.75) is 44.8 Å². The van der Waals surface area contributed by atoms with Crippen LogP contribution in [-0.2, 0) is 6.42 Å². The molecule has 2 atom stereocenters. The van der Waals surface area contributed by atoms with Crippen molar-refractivity contribution in [1.82, 2.24) is 9.97 Å². The molecule has 1 aliphatic heterocycles. The summed E-state index contributed by atoms with van der Waals surface area (Å²) in [6.45, 7) is 3.06. The Labute approximate surface area is 145 Å². The maximum atomic E-state index is 10.5. The number of thiophene rings is 1. The summed E-state index contributed by atoms with van der Waals surface area (Å²) in [6, 6.07) is 6.03. The highest BCUT2D eigenvalue weighted by Crippen LogP contribution is 2.35. The van der Waals surface area contributed by atoms with Gasteiger partial charge in [0.05, 0.1) is 11.6 Å². The number of aromatic nitrogens is 2. The van der Waals surface area contributed by atoms with Gasteiger partial charge in [-0.3, -0.25) is 0 Å². The van der Waals surface area contributed by atoms with E-state index in [0.717, 1.165) is 47.7 Å². The van der Waals surface area contributed by atoms with Crippen LogP contribution in [0.4, 0.5) is 5.82 Å². The number of furan rings is 1. The lowest BCUT2D eigenvalue weighted by Crippen LogP contribution is -2.31. The predicted octanol–water partition coefficient (Wildman–Crippen LogP) is 3.94. The van der Waals surface area contributed by atoms with Gasteiger partial charge in [0.15, 0.2) is 0 Å². The van der Waals surface area contributed by atoms with E-state index < -0.39 is 6.10 Å². The summed E-state index contributed by atoms with van der Waals surface area (Å²) in [7, 11) is 0. The minimum Gasteiger partial charge on any atom is -0.467 e. The van der Waals surface area contributed by atoms with Crippen molar-refractivity contribution in [3.8, 4) is 0 Å². The second-order valence-corrected chi connectivity index (χ2v) is 7.11. The number of rotatable bonds is 5. The molecule has 0 aliphatic carbocycles. The molecule has 0 radical (unpaired) electrons. The predicted molar refractivity (Wildman–Crippen MR) is 95.4 cm³/mol. The van der Waals surface area contributed by atoms with E-state index in [1.807, 2.05) is 12.1 Å². The van der Waals surface area contributed by atoms with Gasteiger partial charge >= 0.3 is 0 Å². The lowest BCUT2D eigenvalue weighted by atomic mass is 10.0. The highest BCUT2D eigenvalue weighted by molar-refractivity contribution is 7.16. The van der Waals surface area contributed by atoms with Crippen molar-refractivity contribution in [2.24, 2.45) is 0 Å². The first-order valence-electron chi connectivity index (χ1n) is 8.48. The van der Waals surface area contributed by atoms with Gasteiger partial charge in [0.2, 0.25) is 0 Å². The van der Waals surface area contributed by atoms with Gasteiger partial charge in [-0.25, -0.2) is 9.97 Å². The zero-order valence-corrected chi connectivity index (χ0v) is 14.5. The van der Waals surface area contributed by atoms with E-state index in [9.17, 15) is 5.11 Å². The summed E-state index contributed by atoms with van der Waals surface area (Å²) in [5.41, 5.74) is 0. The van der Waals surface area contributed by atoms with Crippen molar-refractivity contribution in [2.75, 3.05) is 11.4 Å². The molecule has 2 unspecified atom stereocenters. The van der Waals surface area contributed by atoms with Crippen molar-refractivity contribution >= 4 is 27.4 Å². The third kappa shape index (κ3) is 2.80.